The molecule has 0 aromatic carbocycles. The van der Waals surface area contributed by atoms with E-state index in [9.17, 15) is 4.79 Å². The van der Waals surface area contributed by atoms with E-state index in [0.29, 0.717) is 11.7 Å². The number of carbonyl (C=O) groups is 1. The Hall–Kier alpha value is -1.43. The molecule has 0 bridgehead atoms. The molecule has 6 heteroatoms. The van der Waals surface area contributed by atoms with Crippen LogP contribution in [0.25, 0.3) is 0 Å². The number of carbonyl (C=O) groups excluding carboxylic acids is 1. The minimum Gasteiger partial charge on any atom is -0.444 e. The topological polar surface area (TPSA) is 81.2 Å². The first-order chi connectivity index (χ1) is 7.75. The summed E-state index contributed by atoms with van der Waals surface area (Å²) in [5.74, 6) is 0.928. The maximum atomic E-state index is 11.9. The SMILES string of the molecule is Cc1cnc(C(C)NC(=O)C(C)(C)C(N)=S)o1. The molecule has 0 saturated carbocycles. The summed E-state index contributed by atoms with van der Waals surface area (Å²) in [6, 6.07) is -0.315. The van der Waals surface area contributed by atoms with E-state index in [1.54, 1.807) is 33.9 Å². The Kier molecular flexibility index (Phi) is 3.87. The van der Waals surface area contributed by atoms with Crippen molar-refractivity contribution < 1.29 is 9.21 Å². The predicted molar refractivity (Wildman–Crippen MR) is 68.4 cm³/mol. The van der Waals surface area contributed by atoms with E-state index in [1.807, 2.05) is 0 Å². The summed E-state index contributed by atoms with van der Waals surface area (Å²) in [6.07, 6.45) is 1.61. The molecule has 0 spiro atoms. The first-order valence-corrected chi connectivity index (χ1v) is 5.69. The van der Waals surface area contributed by atoms with Crippen LogP contribution in [0.3, 0.4) is 0 Å². The van der Waals surface area contributed by atoms with Crippen molar-refractivity contribution in [2.75, 3.05) is 0 Å². The van der Waals surface area contributed by atoms with Gasteiger partial charge in [-0.1, -0.05) is 12.2 Å². The van der Waals surface area contributed by atoms with Crippen LogP contribution in [0.1, 0.15) is 38.5 Å². The number of nitrogens with zero attached hydrogens (tertiary/aromatic N) is 1. The Morgan fingerprint density at radius 1 is 1.65 bits per heavy atom. The zero-order chi connectivity index (χ0) is 13.2. The van der Waals surface area contributed by atoms with E-state index in [-0.39, 0.29) is 16.9 Å². The minimum absolute atomic E-state index is 0.158. The number of aryl methyl sites for hydroxylation is 1. The fourth-order valence-corrected chi connectivity index (χ4v) is 1.22. The lowest BCUT2D eigenvalue weighted by Crippen LogP contribution is -2.45. The molecule has 1 heterocycles. The summed E-state index contributed by atoms with van der Waals surface area (Å²) >= 11 is 4.86. The number of thiocarbonyl (C=S) groups is 1. The molecule has 1 rings (SSSR count). The monoisotopic (exact) mass is 255 g/mol. The summed E-state index contributed by atoms with van der Waals surface area (Å²) < 4.78 is 5.33. The van der Waals surface area contributed by atoms with E-state index in [0.717, 1.165) is 0 Å². The molecular weight excluding hydrogens is 238 g/mol. The molecule has 0 aliphatic rings. The van der Waals surface area contributed by atoms with Gasteiger partial charge < -0.3 is 15.5 Å². The molecule has 1 amide bonds. The molecule has 1 aromatic rings. The summed E-state index contributed by atoms with van der Waals surface area (Å²) in [5, 5.41) is 2.77. The van der Waals surface area contributed by atoms with Crippen molar-refractivity contribution in [1.82, 2.24) is 10.3 Å². The van der Waals surface area contributed by atoms with Crippen molar-refractivity contribution in [3.8, 4) is 0 Å². The first-order valence-electron chi connectivity index (χ1n) is 5.28. The van der Waals surface area contributed by atoms with Crippen LogP contribution < -0.4 is 11.1 Å². The number of aromatic nitrogens is 1. The highest BCUT2D eigenvalue weighted by atomic mass is 32.1. The molecule has 1 aromatic heterocycles. The third-order valence-electron chi connectivity index (χ3n) is 2.54. The number of amides is 1. The molecule has 94 valence electrons. The van der Waals surface area contributed by atoms with Crippen LogP contribution in [0.4, 0.5) is 0 Å². The van der Waals surface area contributed by atoms with Gasteiger partial charge in [0.05, 0.1) is 16.6 Å². The quantitative estimate of drug-likeness (QED) is 0.796. The van der Waals surface area contributed by atoms with Crippen molar-refractivity contribution >= 4 is 23.1 Å². The fraction of sp³-hybridized carbons (Fsp3) is 0.545. The second-order valence-corrected chi connectivity index (χ2v) is 4.93. The third-order valence-corrected chi connectivity index (χ3v) is 3.05. The van der Waals surface area contributed by atoms with Crippen LogP contribution in [0.15, 0.2) is 10.6 Å². The summed E-state index contributed by atoms with van der Waals surface area (Å²) in [4.78, 5) is 16.2. The zero-order valence-electron chi connectivity index (χ0n) is 10.4. The predicted octanol–water partition coefficient (Wildman–Crippen LogP) is 1.47. The van der Waals surface area contributed by atoms with Gasteiger partial charge >= 0.3 is 0 Å². The number of rotatable bonds is 4. The van der Waals surface area contributed by atoms with Gasteiger partial charge in [-0.05, 0) is 27.7 Å². The summed E-state index contributed by atoms with van der Waals surface area (Å²) in [5.41, 5.74) is 4.64. The van der Waals surface area contributed by atoms with Crippen molar-refractivity contribution in [2.45, 2.75) is 33.7 Å². The molecule has 0 radical (unpaired) electrons. The minimum atomic E-state index is -0.884. The van der Waals surface area contributed by atoms with Gasteiger partial charge in [0.2, 0.25) is 11.8 Å². The number of nitrogens with one attached hydrogen (secondary N) is 1. The van der Waals surface area contributed by atoms with Gasteiger partial charge in [0, 0.05) is 0 Å². The van der Waals surface area contributed by atoms with Crippen molar-refractivity contribution in [2.24, 2.45) is 11.1 Å². The second-order valence-electron chi connectivity index (χ2n) is 4.49. The van der Waals surface area contributed by atoms with Crippen LogP contribution in [-0.4, -0.2) is 15.9 Å². The third kappa shape index (κ3) is 3.03. The molecule has 1 unspecified atom stereocenters. The highest BCUT2D eigenvalue weighted by molar-refractivity contribution is 7.80. The van der Waals surface area contributed by atoms with Gasteiger partial charge in [-0.3, -0.25) is 4.79 Å². The van der Waals surface area contributed by atoms with E-state index in [2.05, 4.69) is 10.3 Å². The van der Waals surface area contributed by atoms with E-state index in [4.69, 9.17) is 22.4 Å². The van der Waals surface area contributed by atoms with Crippen LogP contribution in [0, 0.1) is 12.3 Å². The molecule has 0 aliphatic heterocycles. The first kappa shape index (κ1) is 13.6. The standard InChI is InChI=1S/C11H17N3O2S/c1-6-5-13-8(16-6)7(2)14-10(15)11(3,4)9(12)17/h5,7H,1-4H3,(H2,12,17)(H,14,15). The van der Waals surface area contributed by atoms with Gasteiger partial charge in [0.25, 0.3) is 0 Å². The van der Waals surface area contributed by atoms with Crippen LogP contribution >= 0.6 is 12.2 Å². The molecule has 5 nitrogen and oxygen atoms in total. The average molecular weight is 255 g/mol. The van der Waals surface area contributed by atoms with Crippen molar-refractivity contribution in [1.29, 1.82) is 0 Å². The Morgan fingerprint density at radius 3 is 2.65 bits per heavy atom. The lowest BCUT2D eigenvalue weighted by molar-refractivity contribution is -0.127. The lowest BCUT2D eigenvalue weighted by Gasteiger charge is -2.23. The van der Waals surface area contributed by atoms with Gasteiger partial charge in [-0.25, -0.2) is 4.98 Å². The fourth-order valence-electron chi connectivity index (χ4n) is 1.12. The lowest BCUT2D eigenvalue weighted by atomic mass is 9.92. The maximum Gasteiger partial charge on any atom is 0.233 e. The largest absolute Gasteiger partial charge is 0.444 e. The van der Waals surface area contributed by atoms with Gasteiger partial charge in [0.15, 0.2) is 0 Å². The second kappa shape index (κ2) is 4.83. The van der Waals surface area contributed by atoms with E-state index in [1.165, 1.54) is 0 Å². The molecule has 3 N–H and O–H groups in total. The molecule has 1 atom stereocenters. The summed E-state index contributed by atoms with van der Waals surface area (Å²) in [7, 11) is 0. The molecular formula is C11H17N3O2S. The summed E-state index contributed by atoms with van der Waals surface area (Å²) in [6.45, 7) is 6.94. The molecule has 0 saturated heterocycles. The number of nitrogens with two attached hydrogens (primary N) is 1. The Morgan fingerprint density at radius 2 is 2.24 bits per heavy atom. The average Bonchev–Trinajstić information content (AvgIpc) is 2.64. The number of hydrogen-bond donors (Lipinski definition) is 2. The van der Waals surface area contributed by atoms with Gasteiger partial charge in [-0.15, -0.1) is 0 Å². The zero-order valence-corrected chi connectivity index (χ0v) is 11.2. The number of hydrogen-bond acceptors (Lipinski definition) is 4. The van der Waals surface area contributed by atoms with E-state index >= 15 is 0 Å². The smallest absolute Gasteiger partial charge is 0.233 e. The molecule has 17 heavy (non-hydrogen) atoms. The van der Waals surface area contributed by atoms with E-state index < -0.39 is 5.41 Å². The normalized spacial score (nSPS) is 13.2. The Bertz CT molecular complexity index is 440. The van der Waals surface area contributed by atoms with Gasteiger partial charge in [-0.2, -0.15) is 0 Å². The maximum absolute atomic E-state index is 11.9. The highest BCUT2D eigenvalue weighted by Crippen LogP contribution is 2.19. The van der Waals surface area contributed by atoms with Crippen molar-refractivity contribution in [3.63, 3.8) is 0 Å². The number of oxazole rings is 1. The Balaban J connectivity index is 2.73. The van der Waals surface area contributed by atoms with Crippen LogP contribution in [-0.2, 0) is 4.79 Å². The van der Waals surface area contributed by atoms with Crippen molar-refractivity contribution in [3.05, 3.63) is 17.8 Å². The van der Waals surface area contributed by atoms with Gasteiger partial charge in [0.1, 0.15) is 11.8 Å². The van der Waals surface area contributed by atoms with Crippen LogP contribution in [0.5, 0.6) is 0 Å². The van der Waals surface area contributed by atoms with Crippen LogP contribution in [0.2, 0.25) is 0 Å². The molecule has 0 aliphatic carbocycles. The highest BCUT2D eigenvalue weighted by Gasteiger charge is 2.32. The Labute approximate surface area is 106 Å². The molecule has 0 fully saturated rings.